The van der Waals surface area contributed by atoms with Gasteiger partial charge >= 0.3 is 0 Å². The summed E-state index contributed by atoms with van der Waals surface area (Å²) in [6.45, 7) is 4.12. The van der Waals surface area contributed by atoms with Gasteiger partial charge in [-0.1, -0.05) is 23.7 Å². The van der Waals surface area contributed by atoms with Gasteiger partial charge in [0.05, 0.1) is 23.5 Å². The topological polar surface area (TPSA) is 73.9 Å². The molecule has 0 saturated carbocycles. The number of piperazine rings is 1. The second kappa shape index (κ2) is 9.77. The van der Waals surface area contributed by atoms with E-state index in [1.165, 1.54) is 0 Å². The van der Waals surface area contributed by atoms with Crippen molar-refractivity contribution in [2.75, 3.05) is 43.5 Å². The van der Waals surface area contributed by atoms with Crippen molar-refractivity contribution < 1.29 is 14.3 Å². The highest BCUT2D eigenvalue weighted by atomic mass is 35.5. The number of rotatable bonds is 4. The number of carbonyl (C=O) groups excluding carboxylic acids is 2. The highest BCUT2D eigenvalue weighted by molar-refractivity contribution is 7.80. The summed E-state index contributed by atoms with van der Waals surface area (Å²) in [6.07, 6.45) is 0. The first-order chi connectivity index (χ1) is 14.4. The van der Waals surface area contributed by atoms with Crippen molar-refractivity contribution in [2.24, 2.45) is 0 Å². The first-order valence-corrected chi connectivity index (χ1v) is 10.2. The number of hydrogen-bond donors (Lipinski definition) is 2. The van der Waals surface area contributed by atoms with Crippen LogP contribution in [-0.4, -0.2) is 55.1 Å². The Labute approximate surface area is 185 Å². The Hall–Kier alpha value is -2.84. The Morgan fingerprint density at radius 2 is 1.80 bits per heavy atom. The van der Waals surface area contributed by atoms with Gasteiger partial charge in [-0.2, -0.15) is 0 Å². The molecule has 1 heterocycles. The zero-order chi connectivity index (χ0) is 21.7. The minimum Gasteiger partial charge on any atom is -0.497 e. The summed E-state index contributed by atoms with van der Waals surface area (Å²) < 4.78 is 5.15. The Balaban J connectivity index is 1.70. The molecule has 0 unspecified atom stereocenters. The molecule has 0 atom stereocenters. The lowest BCUT2D eigenvalue weighted by atomic mass is 10.2. The van der Waals surface area contributed by atoms with Crippen LogP contribution in [0.2, 0.25) is 5.02 Å². The summed E-state index contributed by atoms with van der Waals surface area (Å²) in [4.78, 5) is 28.0. The number of nitrogens with zero attached hydrogens (tertiary/aromatic N) is 2. The van der Waals surface area contributed by atoms with Crippen LogP contribution in [0.25, 0.3) is 0 Å². The Bertz CT molecular complexity index is 961. The molecular weight excluding hydrogens is 424 g/mol. The van der Waals surface area contributed by atoms with Crippen molar-refractivity contribution in [1.82, 2.24) is 10.2 Å². The monoisotopic (exact) mass is 446 g/mol. The molecule has 1 aliphatic rings. The van der Waals surface area contributed by atoms with Crippen LogP contribution in [0, 0.1) is 0 Å². The molecule has 0 aliphatic carbocycles. The van der Waals surface area contributed by atoms with Crippen LogP contribution in [0.5, 0.6) is 5.75 Å². The molecule has 0 radical (unpaired) electrons. The molecule has 9 heteroatoms. The van der Waals surface area contributed by atoms with Gasteiger partial charge in [-0.25, -0.2) is 0 Å². The number of ether oxygens (including phenoxy) is 1. The van der Waals surface area contributed by atoms with Crippen LogP contribution in [0.3, 0.4) is 0 Å². The first kappa shape index (κ1) is 21.9. The van der Waals surface area contributed by atoms with E-state index in [0.29, 0.717) is 48.2 Å². The molecule has 1 aliphatic heterocycles. The van der Waals surface area contributed by atoms with Gasteiger partial charge in [-0.05, 0) is 42.5 Å². The number of nitrogens with one attached hydrogen (secondary N) is 2. The molecule has 2 N–H and O–H groups in total. The summed E-state index contributed by atoms with van der Waals surface area (Å²) in [5.41, 5.74) is 1.92. The normalized spacial score (nSPS) is 13.6. The van der Waals surface area contributed by atoms with E-state index < -0.39 is 0 Å². The number of halogens is 1. The first-order valence-electron chi connectivity index (χ1n) is 9.44. The van der Waals surface area contributed by atoms with Gasteiger partial charge in [0.2, 0.25) is 5.91 Å². The molecular formula is C21H23ClN4O3S. The number of benzene rings is 2. The summed E-state index contributed by atoms with van der Waals surface area (Å²) in [5, 5.41) is 6.48. The van der Waals surface area contributed by atoms with Gasteiger partial charge in [0, 0.05) is 38.7 Å². The third-order valence-electron chi connectivity index (χ3n) is 4.84. The van der Waals surface area contributed by atoms with E-state index in [1.807, 2.05) is 12.1 Å². The van der Waals surface area contributed by atoms with E-state index in [0.717, 1.165) is 5.69 Å². The molecule has 0 spiro atoms. The largest absolute Gasteiger partial charge is 0.497 e. The minimum absolute atomic E-state index is 0.0635. The van der Waals surface area contributed by atoms with Gasteiger partial charge in [0.1, 0.15) is 5.75 Å². The number of thiocarbonyl (C=S) groups is 1. The van der Waals surface area contributed by atoms with Crippen LogP contribution in [-0.2, 0) is 4.79 Å². The number of para-hydroxylation sites is 1. The lowest BCUT2D eigenvalue weighted by molar-refractivity contribution is -0.129. The number of hydrogen-bond acceptors (Lipinski definition) is 5. The Kier molecular flexibility index (Phi) is 7.12. The van der Waals surface area contributed by atoms with E-state index in [2.05, 4.69) is 15.5 Å². The average molecular weight is 447 g/mol. The fourth-order valence-electron chi connectivity index (χ4n) is 3.28. The maximum absolute atomic E-state index is 12.5. The minimum atomic E-state index is -0.343. The second-order valence-corrected chi connectivity index (χ2v) is 7.58. The predicted octanol–water partition coefficient (Wildman–Crippen LogP) is 3.14. The third kappa shape index (κ3) is 5.20. The van der Waals surface area contributed by atoms with Crippen molar-refractivity contribution in [2.45, 2.75) is 6.92 Å². The number of carbonyl (C=O) groups is 2. The molecule has 7 nitrogen and oxygen atoms in total. The molecule has 30 heavy (non-hydrogen) atoms. The summed E-state index contributed by atoms with van der Waals surface area (Å²) >= 11 is 11.8. The molecule has 0 aromatic heterocycles. The number of amides is 2. The fourth-order valence-corrected chi connectivity index (χ4v) is 3.77. The van der Waals surface area contributed by atoms with Gasteiger partial charge in [-0.3, -0.25) is 14.9 Å². The van der Waals surface area contributed by atoms with Crippen molar-refractivity contribution in [3.63, 3.8) is 0 Å². The Morgan fingerprint density at radius 1 is 1.10 bits per heavy atom. The molecule has 1 fully saturated rings. The molecule has 2 aromatic carbocycles. The number of anilines is 2. The van der Waals surface area contributed by atoms with Crippen molar-refractivity contribution in [3.8, 4) is 5.75 Å². The van der Waals surface area contributed by atoms with Crippen LogP contribution in [0.4, 0.5) is 11.4 Å². The van der Waals surface area contributed by atoms with Crippen molar-refractivity contribution in [3.05, 3.63) is 53.1 Å². The standard InChI is InChI=1S/C21H23ClN4O3S/c1-14(27)25-9-11-26(12-10-25)19-17(22)7-4-8-18(19)23-21(30)24-20(28)15-5-3-6-16(13-15)29-2/h3-8,13H,9-12H2,1-2H3,(H2,23,24,28,30). The van der Waals surface area contributed by atoms with Crippen molar-refractivity contribution >= 4 is 52.1 Å². The Morgan fingerprint density at radius 3 is 2.47 bits per heavy atom. The highest BCUT2D eigenvalue weighted by Crippen LogP contribution is 2.34. The van der Waals surface area contributed by atoms with E-state index in [9.17, 15) is 9.59 Å². The summed E-state index contributed by atoms with van der Waals surface area (Å²) in [5.74, 6) is 0.307. The van der Waals surface area contributed by atoms with Gasteiger partial charge in [-0.15, -0.1) is 0 Å². The van der Waals surface area contributed by atoms with Crippen LogP contribution in [0.15, 0.2) is 42.5 Å². The van der Waals surface area contributed by atoms with Crippen LogP contribution in [0.1, 0.15) is 17.3 Å². The molecule has 3 rings (SSSR count). The zero-order valence-corrected chi connectivity index (χ0v) is 18.3. The number of methoxy groups -OCH3 is 1. The molecule has 2 aromatic rings. The second-order valence-electron chi connectivity index (χ2n) is 6.77. The van der Waals surface area contributed by atoms with E-state index in [-0.39, 0.29) is 16.9 Å². The van der Waals surface area contributed by atoms with Gasteiger partial charge < -0.3 is 19.9 Å². The van der Waals surface area contributed by atoms with Gasteiger partial charge in [0.25, 0.3) is 5.91 Å². The van der Waals surface area contributed by atoms with E-state index in [1.54, 1.807) is 49.3 Å². The smallest absolute Gasteiger partial charge is 0.257 e. The molecule has 158 valence electrons. The van der Waals surface area contributed by atoms with Crippen LogP contribution < -0.4 is 20.3 Å². The maximum atomic E-state index is 12.5. The fraction of sp³-hybridized carbons (Fsp3) is 0.286. The summed E-state index contributed by atoms with van der Waals surface area (Å²) in [6, 6.07) is 12.3. The third-order valence-corrected chi connectivity index (χ3v) is 5.34. The summed E-state index contributed by atoms with van der Waals surface area (Å²) in [7, 11) is 1.54. The highest BCUT2D eigenvalue weighted by Gasteiger charge is 2.23. The lowest BCUT2D eigenvalue weighted by Gasteiger charge is -2.37. The van der Waals surface area contributed by atoms with E-state index in [4.69, 9.17) is 28.6 Å². The average Bonchev–Trinajstić information content (AvgIpc) is 2.74. The van der Waals surface area contributed by atoms with Gasteiger partial charge in [0.15, 0.2) is 5.11 Å². The van der Waals surface area contributed by atoms with E-state index >= 15 is 0 Å². The maximum Gasteiger partial charge on any atom is 0.257 e. The predicted molar refractivity (Wildman–Crippen MR) is 123 cm³/mol. The lowest BCUT2D eigenvalue weighted by Crippen LogP contribution is -2.48. The zero-order valence-electron chi connectivity index (χ0n) is 16.8. The SMILES string of the molecule is COc1cccc(C(=O)NC(=S)Nc2cccc(Cl)c2N2CCN(C(C)=O)CC2)c1. The van der Waals surface area contributed by atoms with Crippen LogP contribution >= 0.6 is 23.8 Å². The molecule has 2 amide bonds. The van der Waals surface area contributed by atoms with Crippen molar-refractivity contribution in [1.29, 1.82) is 0 Å². The quantitative estimate of drug-likeness (QED) is 0.703. The molecule has 1 saturated heterocycles. The molecule has 0 bridgehead atoms.